The Bertz CT molecular complexity index is 1190. The largest absolute Gasteiger partial charge is 0.454 e. The lowest BCUT2D eigenvalue weighted by atomic mass is 9.91. The summed E-state index contributed by atoms with van der Waals surface area (Å²) in [4.78, 5) is 0. The van der Waals surface area contributed by atoms with Gasteiger partial charge in [0.25, 0.3) is 0 Å². The number of anilines is 1. The summed E-state index contributed by atoms with van der Waals surface area (Å²) in [5.41, 5.74) is 13.8. The van der Waals surface area contributed by atoms with E-state index in [0.29, 0.717) is 0 Å². The van der Waals surface area contributed by atoms with Crippen LogP contribution in [0.4, 0.5) is 5.69 Å². The minimum absolute atomic E-state index is 0.0828. The topological polar surface area (TPSA) is 85.8 Å². The molecule has 2 aliphatic heterocycles. The molecule has 5 rings (SSSR count). The number of nitrogens with one attached hydrogen (secondary N) is 1. The number of nitrogens with two attached hydrogens (primary N) is 2. The molecule has 0 amide bonds. The third-order valence-electron chi connectivity index (χ3n) is 6.33. The SMILES string of the molecule is C/C(N)=C/C1c2ccc(-c3ccc4c(c3)OCO4)cc2C(Nc2ccc(C)cc2)CCN1N. The van der Waals surface area contributed by atoms with Crippen molar-refractivity contribution >= 4 is 5.69 Å². The Morgan fingerprint density at radius 1 is 0.970 bits per heavy atom. The Balaban J connectivity index is 1.58. The van der Waals surface area contributed by atoms with Gasteiger partial charge in [-0.25, -0.2) is 5.01 Å². The molecule has 2 aliphatic rings. The van der Waals surface area contributed by atoms with Gasteiger partial charge in [0, 0.05) is 17.9 Å². The fraction of sp³-hybridized carbons (Fsp3) is 0.259. The van der Waals surface area contributed by atoms with Crippen LogP contribution in [0.3, 0.4) is 0 Å². The van der Waals surface area contributed by atoms with Crippen LogP contribution in [0.1, 0.15) is 42.1 Å². The normalized spacial score (nSPS) is 20.3. The fourth-order valence-electron chi connectivity index (χ4n) is 4.59. The van der Waals surface area contributed by atoms with Gasteiger partial charge < -0.3 is 20.5 Å². The van der Waals surface area contributed by atoms with E-state index in [4.69, 9.17) is 21.1 Å². The van der Waals surface area contributed by atoms with Crippen LogP contribution in [0.5, 0.6) is 11.5 Å². The lowest BCUT2D eigenvalue weighted by Gasteiger charge is -2.25. The highest BCUT2D eigenvalue weighted by Gasteiger charge is 2.28. The van der Waals surface area contributed by atoms with E-state index in [-0.39, 0.29) is 18.9 Å². The number of hydrogen-bond donors (Lipinski definition) is 3. The van der Waals surface area contributed by atoms with Crippen LogP contribution in [0.15, 0.2) is 72.4 Å². The molecule has 5 N–H and O–H groups in total. The molecule has 0 fully saturated rings. The summed E-state index contributed by atoms with van der Waals surface area (Å²) in [7, 11) is 0. The predicted molar refractivity (Wildman–Crippen MR) is 132 cm³/mol. The fourth-order valence-corrected chi connectivity index (χ4v) is 4.59. The second kappa shape index (κ2) is 8.81. The molecule has 170 valence electrons. The molecule has 0 saturated heterocycles. The van der Waals surface area contributed by atoms with Crippen molar-refractivity contribution < 1.29 is 9.47 Å². The Morgan fingerprint density at radius 3 is 2.48 bits per heavy atom. The summed E-state index contributed by atoms with van der Waals surface area (Å²) in [6, 6.07) is 21.2. The van der Waals surface area contributed by atoms with E-state index in [0.717, 1.165) is 52.5 Å². The molecule has 3 aromatic rings. The molecule has 0 spiro atoms. The van der Waals surface area contributed by atoms with Crippen LogP contribution in [0.2, 0.25) is 0 Å². The maximum absolute atomic E-state index is 6.50. The Hall–Kier alpha value is -3.48. The van der Waals surface area contributed by atoms with E-state index in [2.05, 4.69) is 60.8 Å². The predicted octanol–water partition coefficient (Wildman–Crippen LogP) is 5.03. The van der Waals surface area contributed by atoms with Gasteiger partial charge in [-0.05, 0) is 78.9 Å². The monoisotopic (exact) mass is 442 g/mol. The quantitative estimate of drug-likeness (QED) is 0.492. The maximum Gasteiger partial charge on any atom is 0.231 e. The van der Waals surface area contributed by atoms with Crippen LogP contribution < -0.4 is 26.4 Å². The summed E-state index contributed by atoms with van der Waals surface area (Å²) >= 11 is 0. The number of benzene rings is 3. The lowest BCUT2D eigenvalue weighted by molar-refractivity contribution is 0.174. The molecule has 2 unspecified atom stereocenters. The third kappa shape index (κ3) is 4.40. The van der Waals surface area contributed by atoms with Crippen molar-refractivity contribution in [3.63, 3.8) is 0 Å². The molecular formula is C27H30N4O2. The zero-order valence-corrected chi connectivity index (χ0v) is 19.0. The summed E-state index contributed by atoms with van der Waals surface area (Å²) in [5, 5.41) is 5.62. The number of aryl methyl sites for hydroxylation is 1. The molecule has 6 nitrogen and oxygen atoms in total. The summed E-state index contributed by atoms with van der Waals surface area (Å²) < 4.78 is 11.1. The van der Waals surface area contributed by atoms with E-state index in [1.54, 1.807) is 0 Å². The van der Waals surface area contributed by atoms with Gasteiger partial charge in [0.2, 0.25) is 6.79 Å². The Labute approximate surface area is 194 Å². The molecular weight excluding hydrogens is 412 g/mol. The molecule has 2 heterocycles. The molecule has 6 heteroatoms. The minimum Gasteiger partial charge on any atom is -0.454 e. The van der Waals surface area contributed by atoms with Gasteiger partial charge in [-0.1, -0.05) is 35.9 Å². The van der Waals surface area contributed by atoms with E-state index in [1.165, 1.54) is 11.1 Å². The van der Waals surface area contributed by atoms with Gasteiger partial charge >= 0.3 is 0 Å². The van der Waals surface area contributed by atoms with Crippen LogP contribution in [0, 0.1) is 6.92 Å². The van der Waals surface area contributed by atoms with Crippen LogP contribution in [-0.2, 0) is 0 Å². The first kappa shape index (κ1) is 21.4. The van der Waals surface area contributed by atoms with Crippen LogP contribution in [-0.4, -0.2) is 18.3 Å². The van der Waals surface area contributed by atoms with Crippen molar-refractivity contribution in [2.45, 2.75) is 32.4 Å². The number of hydrogen-bond acceptors (Lipinski definition) is 6. The van der Waals surface area contributed by atoms with Crippen molar-refractivity contribution in [1.82, 2.24) is 5.01 Å². The zero-order chi connectivity index (χ0) is 22.9. The molecule has 0 saturated carbocycles. The van der Waals surface area contributed by atoms with E-state index in [9.17, 15) is 0 Å². The van der Waals surface area contributed by atoms with Gasteiger partial charge in [-0.2, -0.15) is 0 Å². The highest BCUT2D eigenvalue weighted by Crippen LogP contribution is 2.40. The maximum atomic E-state index is 6.50. The summed E-state index contributed by atoms with van der Waals surface area (Å²) in [6.07, 6.45) is 2.91. The number of nitrogens with zero attached hydrogens (tertiary/aromatic N) is 1. The molecule has 0 bridgehead atoms. The van der Waals surface area contributed by atoms with E-state index < -0.39 is 0 Å². The standard InChI is InChI=1S/C27H30N4O2/c1-17-3-7-21(8-4-17)30-24-11-12-31(29)25(13-18(2)28)22-9-5-19(14-23(22)24)20-6-10-26-27(15-20)33-16-32-26/h3-10,13-15,24-25,30H,11-12,16,28-29H2,1-2H3/b18-13-. The highest BCUT2D eigenvalue weighted by atomic mass is 16.7. The molecule has 33 heavy (non-hydrogen) atoms. The van der Waals surface area contributed by atoms with E-state index >= 15 is 0 Å². The molecule has 0 radical (unpaired) electrons. The van der Waals surface area contributed by atoms with Crippen LogP contribution >= 0.6 is 0 Å². The van der Waals surface area contributed by atoms with Crippen molar-refractivity contribution in [3.05, 3.63) is 89.1 Å². The lowest BCUT2D eigenvalue weighted by Crippen LogP contribution is -2.34. The summed E-state index contributed by atoms with van der Waals surface area (Å²) in [5.74, 6) is 8.07. The second-order valence-corrected chi connectivity index (χ2v) is 8.86. The second-order valence-electron chi connectivity index (χ2n) is 8.86. The van der Waals surface area contributed by atoms with Crippen molar-refractivity contribution in [2.75, 3.05) is 18.7 Å². The summed E-state index contributed by atoms with van der Waals surface area (Å²) in [6.45, 7) is 5.01. The average Bonchev–Trinajstić information content (AvgIpc) is 3.24. The number of allylic oxidation sites excluding steroid dienone is 1. The van der Waals surface area contributed by atoms with Crippen molar-refractivity contribution in [1.29, 1.82) is 0 Å². The third-order valence-corrected chi connectivity index (χ3v) is 6.33. The molecule has 3 aromatic carbocycles. The van der Waals surface area contributed by atoms with Gasteiger partial charge in [-0.3, -0.25) is 5.84 Å². The van der Waals surface area contributed by atoms with Gasteiger partial charge in [-0.15, -0.1) is 0 Å². The van der Waals surface area contributed by atoms with Gasteiger partial charge in [0.05, 0.1) is 12.1 Å². The smallest absolute Gasteiger partial charge is 0.231 e. The van der Waals surface area contributed by atoms with E-state index in [1.807, 2.05) is 30.1 Å². The first-order valence-electron chi connectivity index (χ1n) is 11.3. The average molecular weight is 443 g/mol. The minimum atomic E-state index is -0.0828. The Morgan fingerprint density at radius 2 is 1.70 bits per heavy atom. The van der Waals surface area contributed by atoms with Crippen molar-refractivity contribution in [3.8, 4) is 22.6 Å². The van der Waals surface area contributed by atoms with Gasteiger partial charge in [0.15, 0.2) is 11.5 Å². The first-order chi connectivity index (χ1) is 16.0. The van der Waals surface area contributed by atoms with Gasteiger partial charge in [0.1, 0.15) is 0 Å². The number of rotatable bonds is 4. The number of ether oxygens (including phenoxy) is 2. The molecule has 0 aromatic heterocycles. The number of hydrazine groups is 1. The zero-order valence-electron chi connectivity index (χ0n) is 19.0. The molecule has 0 aliphatic carbocycles. The molecule has 2 atom stereocenters. The first-order valence-corrected chi connectivity index (χ1v) is 11.3. The Kier molecular flexibility index (Phi) is 5.70. The highest BCUT2D eigenvalue weighted by molar-refractivity contribution is 5.69. The number of fused-ring (bicyclic) bond motifs is 2. The van der Waals surface area contributed by atoms with Crippen molar-refractivity contribution in [2.24, 2.45) is 11.6 Å². The van der Waals surface area contributed by atoms with Crippen LogP contribution in [0.25, 0.3) is 11.1 Å².